The van der Waals surface area contributed by atoms with Crippen LogP contribution in [0.3, 0.4) is 0 Å². The summed E-state index contributed by atoms with van der Waals surface area (Å²) in [6, 6.07) is 0.583. The molecule has 32 heavy (non-hydrogen) atoms. The molecule has 0 spiro atoms. The zero-order chi connectivity index (χ0) is 22.7. The molecule has 0 aromatic carbocycles. The molecule has 4 rings (SSSR count). The number of pyridine rings is 1. The van der Waals surface area contributed by atoms with Gasteiger partial charge in [0.25, 0.3) is 5.91 Å². The Balaban J connectivity index is 1.68. The largest absolute Gasteiger partial charge is 0.381 e. The van der Waals surface area contributed by atoms with E-state index >= 15 is 0 Å². The Bertz CT molecular complexity index is 919. The third kappa shape index (κ3) is 4.49. The van der Waals surface area contributed by atoms with Gasteiger partial charge in [0.1, 0.15) is 0 Å². The molecule has 7 heteroatoms. The number of carbonyl (C=O) groups excluding carboxylic acids is 1. The number of rotatable bonds is 8. The van der Waals surface area contributed by atoms with Crippen molar-refractivity contribution < 1.29 is 4.79 Å². The Morgan fingerprint density at radius 2 is 1.94 bits per heavy atom. The van der Waals surface area contributed by atoms with Crippen molar-refractivity contribution in [1.82, 2.24) is 24.6 Å². The average molecular weight is 441 g/mol. The van der Waals surface area contributed by atoms with Gasteiger partial charge in [-0.25, -0.2) is 9.67 Å². The smallest absolute Gasteiger partial charge is 0.257 e. The summed E-state index contributed by atoms with van der Waals surface area (Å²) in [5, 5.41) is 9.28. The Morgan fingerprint density at radius 3 is 2.59 bits per heavy atom. The van der Waals surface area contributed by atoms with E-state index in [-0.39, 0.29) is 11.9 Å². The summed E-state index contributed by atoms with van der Waals surface area (Å²) in [7, 11) is 0. The molecule has 1 amide bonds. The minimum Gasteiger partial charge on any atom is -0.381 e. The van der Waals surface area contributed by atoms with E-state index in [1.165, 1.54) is 32.1 Å². The van der Waals surface area contributed by atoms with Crippen LogP contribution in [-0.2, 0) is 6.54 Å². The van der Waals surface area contributed by atoms with Crippen molar-refractivity contribution in [2.24, 2.45) is 5.92 Å². The molecule has 1 aliphatic carbocycles. The van der Waals surface area contributed by atoms with Gasteiger partial charge in [-0.05, 0) is 52.5 Å². The van der Waals surface area contributed by atoms with E-state index in [1.54, 1.807) is 6.20 Å². The number of anilines is 1. The Labute approximate surface area is 192 Å². The third-order valence-electron chi connectivity index (χ3n) is 7.66. The molecule has 1 N–H and O–H groups in total. The molecule has 1 unspecified atom stereocenters. The second-order valence-electron chi connectivity index (χ2n) is 9.50. The highest BCUT2D eigenvalue weighted by Gasteiger charge is 2.32. The van der Waals surface area contributed by atoms with Gasteiger partial charge in [0.15, 0.2) is 5.65 Å². The summed E-state index contributed by atoms with van der Waals surface area (Å²) >= 11 is 0. The van der Waals surface area contributed by atoms with Crippen molar-refractivity contribution in [3.8, 4) is 0 Å². The number of fused-ring (bicyclic) bond motifs is 1. The monoisotopic (exact) mass is 440 g/mol. The van der Waals surface area contributed by atoms with Crippen LogP contribution in [0.25, 0.3) is 11.0 Å². The van der Waals surface area contributed by atoms with Crippen LogP contribution >= 0.6 is 0 Å². The van der Waals surface area contributed by atoms with Gasteiger partial charge < -0.3 is 15.1 Å². The van der Waals surface area contributed by atoms with Gasteiger partial charge >= 0.3 is 0 Å². The van der Waals surface area contributed by atoms with E-state index in [0.717, 1.165) is 49.3 Å². The van der Waals surface area contributed by atoms with Crippen LogP contribution in [0.5, 0.6) is 0 Å². The first-order valence-electron chi connectivity index (χ1n) is 12.7. The van der Waals surface area contributed by atoms with Gasteiger partial charge in [0, 0.05) is 44.5 Å². The molecule has 2 aliphatic rings. The number of nitrogens with zero attached hydrogens (tertiary/aromatic N) is 5. The summed E-state index contributed by atoms with van der Waals surface area (Å²) in [5.74, 6) is 0.735. The van der Waals surface area contributed by atoms with E-state index < -0.39 is 0 Å². The Kier molecular flexibility index (Phi) is 7.33. The molecule has 2 atom stereocenters. The molecule has 1 saturated heterocycles. The zero-order valence-electron chi connectivity index (χ0n) is 20.3. The van der Waals surface area contributed by atoms with Gasteiger partial charge in [-0.3, -0.25) is 4.79 Å². The average Bonchev–Trinajstić information content (AvgIpc) is 3.47. The van der Waals surface area contributed by atoms with Gasteiger partial charge in [0.05, 0.1) is 22.8 Å². The number of aryl methyl sites for hydroxylation is 1. The number of hydrogen-bond donors (Lipinski definition) is 1. The Hall–Kier alpha value is -2.15. The molecule has 3 heterocycles. The van der Waals surface area contributed by atoms with Crippen LogP contribution < -0.4 is 5.32 Å². The molecule has 2 aromatic heterocycles. The number of aromatic nitrogens is 3. The molecule has 2 fully saturated rings. The maximum Gasteiger partial charge on any atom is 0.257 e. The lowest BCUT2D eigenvalue weighted by Crippen LogP contribution is -2.42. The highest BCUT2D eigenvalue weighted by molar-refractivity contribution is 6.06. The highest BCUT2D eigenvalue weighted by Crippen LogP contribution is 2.33. The molecule has 2 aromatic rings. The van der Waals surface area contributed by atoms with Crippen LogP contribution in [0.4, 0.5) is 5.69 Å². The first-order valence-corrected chi connectivity index (χ1v) is 12.7. The molecule has 176 valence electrons. The minimum absolute atomic E-state index is 0.0902. The van der Waals surface area contributed by atoms with Crippen LogP contribution in [0.15, 0.2) is 12.4 Å². The van der Waals surface area contributed by atoms with Gasteiger partial charge in [-0.2, -0.15) is 5.10 Å². The SMILES string of the molecule is CCN1CCC(N(CC)C(=O)c2cnc3c(cnn3CC)c2N[C@H](C)C2CCCCC2)C1. The van der Waals surface area contributed by atoms with E-state index in [4.69, 9.17) is 4.98 Å². The minimum atomic E-state index is 0.0902. The van der Waals surface area contributed by atoms with Crippen LogP contribution in [-0.4, -0.2) is 68.7 Å². The summed E-state index contributed by atoms with van der Waals surface area (Å²) < 4.78 is 1.91. The van der Waals surface area contributed by atoms with E-state index in [9.17, 15) is 4.79 Å². The summed E-state index contributed by atoms with van der Waals surface area (Å²) in [4.78, 5) is 23.0. The van der Waals surface area contributed by atoms with E-state index in [2.05, 4.69) is 47.9 Å². The van der Waals surface area contributed by atoms with Crippen molar-refractivity contribution in [3.05, 3.63) is 18.0 Å². The first kappa shape index (κ1) is 23.0. The summed E-state index contributed by atoms with van der Waals surface area (Å²) in [5.41, 5.74) is 2.46. The fourth-order valence-corrected chi connectivity index (χ4v) is 5.63. The molecule has 0 bridgehead atoms. The summed E-state index contributed by atoms with van der Waals surface area (Å²) in [6.45, 7) is 13.2. The topological polar surface area (TPSA) is 66.3 Å². The van der Waals surface area contributed by atoms with Gasteiger partial charge in [-0.15, -0.1) is 0 Å². The zero-order valence-corrected chi connectivity index (χ0v) is 20.3. The maximum absolute atomic E-state index is 13.9. The fourth-order valence-electron chi connectivity index (χ4n) is 5.63. The highest BCUT2D eigenvalue weighted by atomic mass is 16.2. The van der Waals surface area contributed by atoms with E-state index in [1.807, 2.05) is 10.9 Å². The van der Waals surface area contributed by atoms with Crippen molar-refractivity contribution in [1.29, 1.82) is 0 Å². The number of amides is 1. The van der Waals surface area contributed by atoms with Gasteiger partial charge in [0.2, 0.25) is 0 Å². The second kappa shape index (κ2) is 10.2. The van der Waals surface area contributed by atoms with Crippen LogP contribution in [0.2, 0.25) is 0 Å². The van der Waals surface area contributed by atoms with E-state index in [0.29, 0.717) is 24.1 Å². The lowest BCUT2D eigenvalue weighted by molar-refractivity contribution is 0.0695. The quantitative estimate of drug-likeness (QED) is 0.659. The number of likely N-dealkylation sites (N-methyl/N-ethyl adjacent to an activating group) is 2. The maximum atomic E-state index is 13.9. The first-order chi connectivity index (χ1) is 15.6. The summed E-state index contributed by atoms with van der Waals surface area (Å²) in [6.07, 6.45) is 11.2. The van der Waals surface area contributed by atoms with Crippen molar-refractivity contribution in [2.75, 3.05) is 31.5 Å². The molecule has 1 saturated carbocycles. The Morgan fingerprint density at radius 1 is 1.16 bits per heavy atom. The molecule has 7 nitrogen and oxygen atoms in total. The van der Waals surface area contributed by atoms with Gasteiger partial charge in [-0.1, -0.05) is 26.2 Å². The molecule has 0 radical (unpaired) electrons. The van der Waals surface area contributed by atoms with Crippen molar-refractivity contribution >= 4 is 22.6 Å². The van der Waals surface area contributed by atoms with Crippen LogP contribution in [0.1, 0.15) is 76.6 Å². The lowest BCUT2D eigenvalue weighted by Gasteiger charge is -2.31. The van der Waals surface area contributed by atoms with Crippen LogP contribution in [0, 0.1) is 5.92 Å². The lowest BCUT2D eigenvalue weighted by atomic mass is 9.84. The molecular formula is C25H40N6O. The molecular weight excluding hydrogens is 400 g/mol. The third-order valence-corrected chi connectivity index (χ3v) is 7.66. The van der Waals surface area contributed by atoms with Crippen molar-refractivity contribution in [3.63, 3.8) is 0 Å². The normalized spacial score (nSPS) is 21.2. The number of nitrogens with one attached hydrogen (secondary N) is 1. The number of hydrogen-bond acceptors (Lipinski definition) is 5. The predicted molar refractivity (Wildman–Crippen MR) is 130 cm³/mol. The standard InChI is InChI=1S/C25H40N6O/c1-5-29-14-13-20(17-29)30(6-2)25(32)22-15-26-24-21(16-27-31(24)7-3)23(22)28-18(4)19-11-9-8-10-12-19/h15-16,18-20H,5-14,17H2,1-4H3,(H,26,28)/t18-,20?/m1/s1. The van der Waals surface area contributed by atoms with Crippen molar-refractivity contribution in [2.45, 2.75) is 84.8 Å². The number of likely N-dealkylation sites (tertiary alicyclic amines) is 1. The second-order valence-corrected chi connectivity index (χ2v) is 9.50. The number of carbonyl (C=O) groups is 1. The molecule has 1 aliphatic heterocycles. The predicted octanol–water partition coefficient (Wildman–Crippen LogP) is 4.39. The fraction of sp³-hybridized carbons (Fsp3) is 0.720.